The number of aliphatic carboxylic acids is 1. The maximum absolute atomic E-state index is 9.92. The molecule has 0 radical (unpaired) electrons. The second-order valence-corrected chi connectivity index (χ2v) is 5.54. The molecule has 0 fully saturated rings. The van der Waals surface area contributed by atoms with Crippen molar-refractivity contribution in [3.05, 3.63) is 0 Å². The highest BCUT2D eigenvalue weighted by molar-refractivity contribution is 5.63. The number of carbonyl (C=O) groups excluding carboxylic acids is 1. The predicted octanol–water partition coefficient (Wildman–Crippen LogP) is 1.52. The summed E-state index contributed by atoms with van der Waals surface area (Å²) < 4.78 is 0.635. The van der Waals surface area contributed by atoms with Gasteiger partial charge in [-0.25, -0.2) is 0 Å². The third-order valence-corrected chi connectivity index (χ3v) is 2.74. The first-order valence-corrected chi connectivity index (χ1v) is 6.94. The Morgan fingerprint density at radius 2 is 1.61 bits per heavy atom. The Balaban J connectivity index is 0. The van der Waals surface area contributed by atoms with Crippen LogP contribution in [0.2, 0.25) is 0 Å². The number of unbranched alkanes of at least 4 members (excludes halogenated alkanes) is 4. The molecule has 0 aliphatic heterocycles. The molecule has 0 aliphatic rings. The van der Waals surface area contributed by atoms with Gasteiger partial charge in [-0.1, -0.05) is 39.5 Å². The lowest BCUT2D eigenvalue weighted by atomic mass is 10.1. The van der Waals surface area contributed by atoms with Gasteiger partial charge in [-0.05, 0) is 12.8 Å². The van der Waals surface area contributed by atoms with E-state index in [4.69, 9.17) is 5.11 Å². The van der Waals surface area contributed by atoms with Crippen molar-refractivity contribution < 1.29 is 19.5 Å². The first-order chi connectivity index (χ1) is 8.25. The second kappa shape index (κ2) is 11.5. The van der Waals surface area contributed by atoms with Crippen LogP contribution in [0.3, 0.4) is 0 Å². The molecule has 0 spiro atoms. The van der Waals surface area contributed by atoms with Gasteiger partial charge in [0.1, 0.15) is 0 Å². The summed E-state index contributed by atoms with van der Waals surface area (Å²) in [6, 6.07) is 0. The Kier molecular flexibility index (Phi) is 12.6. The normalized spacial score (nSPS) is 12.6. The summed E-state index contributed by atoms with van der Waals surface area (Å²) in [5, 5.41) is 19.1. The molecule has 0 heterocycles. The van der Waals surface area contributed by atoms with Gasteiger partial charge in [0.2, 0.25) is 0 Å². The fourth-order valence-electron chi connectivity index (χ4n) is 1.42. The maximum atomic E-state index is 9.92. The van der Waals surface area contributed by atoms with Gasteiger partial charge in [0.15, 0.2) is 6.23 Å². The Bertz CT molecular complexity index is 200. The van der Waals surface area contributed by atoms with Crippen LogP contribution in [-0.2, 0) is 4.79 Å². The van der Waals surface area contributed by atoms with Crippen LogP contribution in [-0.4, -0.2) is 42.9 Å². The number of hydrogen-bond donors (Lipinski definition) is 1. The summed E-state index contributed by atoms with van der Waals surface area (Å²) in [6.07, 6.45) is 6.22. The molecule has 110 valence electrons. The molecule has 0 saturated carbocycles. The highest BCUT2D eigenvalue weighted by atomic mass is 16.4. The van der Waals surface area contributed by atoms with Crippen molar-refractivity contribution in [3.63, 3.8) is 0 Å². The number of hydrogen-bond acceptors (Lipinski definition) is 3. The monoisotopic (exact) mass is 261 g/mol. The third-order valence-electron chi connectivity index (χ3n) is 2.74. The predicted molar refractivity (Wildman–Crippen MR) is 72.7 cm³/mol. The molecular formula is C14H31NO3. The number of aliphatic hydroxyl groups excluding tert-OH is 1. The van der Waals surface area contributed by atoms with Crippen LogP contribution < -0.4 is 5.11 Å². The highest BCUT2D eigenvalue weighted by Gasteiger charge is 2.16. The number of carboxylic acids is 1. The summed E-state index contributed by atoms with van der Waals surface area (Å²) in [5.74, 6) is -0.920. The first-order valence-electron chi connectivity index (χ1n) is 6.94. The summed E-state index contributed by atoms with van der Waals surface area (Å²) >= 11 is 0. The van der Waals surface area contributed by atoms with E-state index in [2.05, 4.69) is 6.92 Å². The molecule has 0 aliphatic carbocycles. The zero-order valence-electron chi connectivity index (χ0n) is 12.7. The lowest BCUT2D eigenvalue weighted by molar-refractivity contribution is -0.918. The van der Waals surface area contributed by atoms with Crippen LogP contribution >= 0.6 is 0 Å². The van der Waals surface area contributed by atoms with Gasteiger partial charge in [-0.3, -0.25) is 0 Å². The Morgan fingerprint density at radius 1 is 1.11 bits per heavy atom. The highest BCUT2D eigenvalue weighted by Crippen LogP contribution is 2.03. The van der Waals surface area contributed by atoms with E-state index in [1.54, 1.807) is 0 Å². The number of rotatable bonds is 8. The average Bonchev–Trinajstić information content (AvgIpc) is 2.27. The zero-order valence-corrected chi connectivity index (χ0v) is 12.7. The van der Waals surface area contributed by atoms with Gasteiger partial charge >= 0.3 is 0 Å². The van der Waals surface area contributed by atoms with E-state index >= 15 is 0 Å². The Hall–Kier alpha value is -0.610. The Labute approximate surface area is 112 Å². The van der Waals surface area contributed by atoms with Crippen molar-refractivity contribution in [1.82, 2.24) is 0 Å². The molecular weight excluding hydrogens is 230 g/mol. The smallest absolute Gasteiger partial charge is 0.189 e. The van der Waals surface area contributed by atoms with E-state index in [0.717, 1.165) is 25.7 Å². The average molecular weight is 261 g/mol. The summed E-state index contributed by atoms with van der Waals surface area (Å²) in [6.45, 7) is 4.12. The van der Waals surface area contributed by atoms with E-state index < -0.39 is 5.97 Å². The van der Waals surface area contributed by atoms with Gasteiger partial charge in [-0.15, -0.1) is 0 Å². The molecule has 0 saturated heterocycles. The van der Waals surface area contributed by atoms with Crippen LogP contribution in [0.25, 0.3) is 0 Å². The largest absolute Gasteiger partial charge is 0.550 e. The number of quaternary nitrogens is 1. The minimum absolute atomic E-state index is 0.213. The van der Waals surface area contributed by atoms with Gasteiger partial charge in [-0.2, -0.15) is 0 Å². The molecule has 0 aromatic rings. The van der Waals surface area contributed by atoms with Crippen molar-refractivity contribution in [3.8, 4) is 0 Å². The summed E-state index contributed by atoms with van der Waals surface area (Å²) in [4.78, 5) is 9.92. The van der Waals surface area contributed by atoms with Gasteiger partial charge in [0.05, 0.1) is 21.1 Å². The molecule has 18 heavy (non-hydrogen) atoms. The van der Waals surface area contributed by atoms with Crippen molar-refractivity contribution in [2.45, 2.75) is 65.0 Å². The lowest BCUT2D eigenvalue weighted by Crippen LogP contribution is -2.44. The fourth-order valence-corrected chi connectivity index (χ4v) is 1.42. The van der Waals surface area contributed by atoms with Crippen LogP contribution in [0.5, 0.6) is 0 Å². The van der Waals surface area contributed by atoms with E-state index in [1.807, 2.05) is 28.1 Å². The summed E-state index contributed by atoms with van der Waals surface area (Å²) in [7, 11) is 5.94. The van der Waals surface area contributed by atoms with Crippen molar-refractivity contribution >= 4 is 5.97 Å². The zero-order chi connectivity index (χ0) is 14.6. The van der Waals surface area contributed by atoms with Crippen molar-refractivity contribution in [2.24, 2.45) is 0 Å². The van der Waals surface area contributed by atoms with Gasteiger partial charge < -0.3 is 19.5 Å². The molecule has 1 N–H and O–H groups in total. The van der Waals surface area contributed by atoms with Crippen LogP contribution in [0, 0.1) is 0 Å². The van der Waals surface area contributed by atoms with Crippen molar-refractivity contribution in [2.75, 3.05) is 21.1 Å². The topological polar surface area (TPSA) is 60.4 Å². The number of carbonyl (C=O) groups is 1. The molecule has 4 nitrogen and oxygen atoms in total. The molecule has 0 amide bonds. The molecule has 0 aromatic heterocycles. The standard InChI is InChI=1S/C8H16O2.C6H16NO/c1-2-3-4-5-6-7-8(9)10;1-5-6(8)7(2,3)4/h2-7H2,1H3,(H,9,10);6,8H,5H2,1-4H3/q;+1/p-1. The van der Waals surface area contributed by atoms with E-state index in [0.29, 0.717) is 4.48 Å². The molecule has 1 atom stereocenters. The maximum Gasteiger partial charge on any atom is 0.189 e. The van der Waals surface area contributed by atoms with Gasteiger partial charge in [0, 0.05) is 12.4 Å². The number of nitrogens with zero attached hydrogens (tertiary/aromatic N) is 1. The second-order valence-electron chi connectivity index (χ2n) is 5.54. The van der Waals surface area contributed by atoms with Crippen LogP contribution in [0.15, 0.2) is 0 Å². The fraction of sp³-hybridized carbons (Fsp3) is 0.929. The van der Waals surface area contributed by atoms with Gasteiger partial charge in [0.25, 0.3) is 0 Å². The van der Waals surface area contributed by atoms with E-state index in [-0.39, 0.29) is 12.6 Å². The molecule has 0 aromatic carbocycles. The van der Waals surface area contributed by atoms with Crippen LogP contribution in [0.4, 0.5) is 0 Å². The number of carboxylic acid groups (broad SMARTS) is 1. The van der Waals surface area contributed by atoms with E-state index in [1.165, 1.54) is 12.8 Å². The van der Waals surface area contributed by atoms with E-state index in [9.17, 15) is 9.90 Å². The molecule has 0 bridgehead atoms. The quantitative estimate of drug-likeness (QED) is 0.409. The van der Waals surface area contributed by atoms with Crippen molar-refractivity contribution in [1.29, 1.82) is 0 Å². The lowest BCUT2D eigenvalue weighted by Gasteiger charge is -2.28. The number of aliphatic hydroxyl groups is 1. The minimum Gasteiger partial charge on any atom is -0.550 e. The van der Waals surface area contributed by atoms with Crippen LogP contribution in [0.1, 0.15) is 58.8 Å². The third kappa shape index (κ3) is 15.4. The Morgan fingerprint density at radius 3 is 1.89 bits per heavy atom. The minimum atomic E-state index is -0.920. The summed E-state index contributed by atoms with van der Waals surface area (Å²) in [5.41, 5.74) is 0. The molecule has 1 unspecified atom stereocenters. The molecule has 4 heteroatoms. The molecule has 0 rings (SSSR count). The SMILES string of the molecule is CCC(O)[N+](C)(C)C.CCCCCCCC(=O)[O-]. The first kappa shape index (κ1) is 19.7.